The molecule has 2 rings (SSSR count). The van der Waals surface area contributed by atoms with Gasteiger partial charge in [-0.05, 0) is 24.0 Å². The number of fused-ring (bicyclic) bond motifs is 1. The number of hydrogen-bond acceptors (Lipinski definition) is 1. The van der Waals surface area contributed by atoms with E-state index in [1.165, 1.54) is 16.5 Å². The lowest BCUT2D eigenvalue weighted by atomic mass is 10.1. The maximum absolute atomic E-state index is 5.81. The number of nitrogens with zero attached hydrogens (tertiary/aromatic N) is 1. The molecule has 0 saturated carbocycles. The summed E-state index contributed by atoms with van der Waals surface area (Å²) >= 11 is 0. The van der Waals surface area contributed by atoms with Crippen molar-refractivity contribution in [2.45, 2.75) is 20.3 Å². The first-order valence-corrected chi connectivity index (χ1v) is 6.75. The van der Waals surface area contributed by atoms with Crippen molar-refractivity contribution >= 4 is 40.8 Å². The third-order valence-corrected chi connectivity index (χ3v) is 3.00. The van der Waals surface area contributed by atoms with Gasteiger partial charge in [-0.15, -0.1) is 24.0 Å². The molecular formula is C15H23IN4. The first kappa shape index (κ1) is 16.8. The van der Waals surface area contributed by atoms with Crippen LogP contribution in [0, 0.1) is 5.92 Å². The molecule has 5 heteroatoms. The van der Waals surface area contributed by atoms with Crippen molar-refractivity contribution in [1.29, 1.82) is 0 Å². The summed E-state index contributed by atoms with van der Waals surface area (Å²) in [5.41, 5.74) is 8.29. The van der Waals surface area contributed by atoms with Gasteiger partial charge >= 0.3 is 0 Å². The number of para-hydroxylation sites is 1. The molecule has 0 atom stereocenters. The van der Waals surface area contributed by atoms with Gasteiger partial charge in [-0.3, -0.25) is 4.99 Å². The molecule has 20 heavy (non-hydrogen) atoms. The van der Waals surface area contributed by atoms with Gasteiger partial charge in [0.25, 0.3) is 0 Å². The fraction of sp³-hybridized carbons (Fsp3) is 0.400. The molecule has 110 valence electrons. The molecule has 0 fully saturated rings. The number of rotatable bonds is 5. The summed E-state index contributed by atoms with van der Waals surface area (Å²) in [5.74, 6) is 1.07. The van der Waals surface area contributed by atoms with Gasteiger partial charge in [0, 0.05) is 30.2 Å². The fourth-order valence-corrected chi connectivity index (χ4v) is 2.00. The van der Waals surface area contributed by atoms with Crippen LogP contribution in [0.15, 0.2) is 35.5 Å². The molecule has 0 spiro atoms. The first-order valence-electron chi connectivity index (χ1n) is 6.75. The normalized spacial score (nSPS) is 11.7. The number of guanidine groups is 1. The molecule has 2 aromatic rings. The molecule has 4 nitrogen and oxygen atoms in total. The zero-order chi connectivity index (χ0) is 13.7. The predicted octanol–water partition coefficient (Wildman–Crippen LogP) is 2.89. The highest BCUT2D eigenvalue weighted by molar-refractivity contribution is 14.0. The zero-order valence-electron chi connectivity index (χ0n) is 12.0. The van der Waals surface area contributed by atoms with Gasteiger partial charge in [-0.25, -0.2) is 0 Å². The average molecular weight is 386 g/mol. The lowest BCUT2D eigenvalue weighted by molar-refractivity contribution is 0.661. The van der Waals surface area contributed by atoms with Crippen LogP contribution in [0.5, 0.6) is 0 Å². The van der Waals surface area contributed by atoms with Crippen molar-refractivity contribution in [3.8, 4) is 0 Å². The van der Waals surface area contributed by atoms with Crippen LogP contribution in [0.4, 0.5) is 0 Å². The molecule has 0 radical (unpaired) electrons. The SMILES string of the molecule is CC(C)CN=C(N)NCCc1c[nH]c2ccccc12.I. The van der Waals surface area contributed by atoms with E-state index in [0.717, 1.165) is 19.5 Å². The third kappa shape index (κ3) is 4.70. The van der Waals surface area contributed by atoms with Crippen molar-refractivity contribution in [2.24, 2.45) is 16.6 Å². The maximum Gasteiger partial charge on any atom is 0.188 e. The molecule has 4 N–H and O–H groups in total. The summed E-state index contributed by atoms with van der Waals surface area (Å²) in [5, 5.41) is 4.43. The molecule has 1 aromatic carbocycles. The van der Waals surface area contributed by atoms with Crippen molar-refractivity contribution in [2.75, 3.05) is 13.1 Å². The third-order valence-electron chi connectivity index (χ3n) is 3.00. The number of benzene rings is 1. The van der Waals surface area contributed by atoms with Crippen molar-refractivity contribution in [1.82, 2.24) is 10.3 Å². The van der Waals surface area contributed by atoms with Crippen LogP contribution >= 0.6 is 24.0 Å². The number of H-pyrrole nitrogens is 1. The average Bonchev–Trinajstić information content (AvgIpc) is 2.80. The van der Waals surface area contributed by atoms with Crippen LogP contribution in [0.3, 0.4) is 0 Å². The number of nitrogens with one attached hydrogen (secondary N) is 2. The smallest absolute Gasteiger partial charge is 0.188 e. The van der Waals surface area contributed by atoms with E-state index in [1.807, 2.05) is 6.07 Å². The van der Waals surface area contributed by atoms with Gasteiger partial charge in [0.15, 0.2) is 5.96 Å². The highest BCUT2D eigenvalue weighted by atomic mass is 127. The molecular weight excluding hydrogens is 363 g/mol. The Bertz CT molecular complexity index is 560. The van der Waals surface area contributed by atoms with Crippen molar-refractivity contribution in [3.05, 3.63) is 36.0 Å². The molecule has 0 aliphatic heterocycles. The Kier molecular flexibility index (Phi) is 6.84. The second kappa shape index (κ2) is 8.14. The summed E-state index contributed by atoms with van der Waals surface area (Å²) in [4.78, 5) is 7.56. The van der Waals surface area contributed by atoms with Gasteiger partial charge < -0.3 is 16.0 Å². The zero-order valence-corrected chi connectivity index (χ0v) is 14.3. The lowest BCUT2D eigenvalue weighted by Crippen LogP contribution is -2.33. The number of hydrogen-bond donors (Lipinski definition) is 3. The fourth-order valence-electron chi connectivity index (χ4n) is 2.00. The van der Waals surface area contributed by atoms with E-state index in [4.69, 9.17) is 5.73 Å². The second-order valence-corrected chi connectivity index (χ2v) is 5.16. The summed E-state index contributed by atoms with van der Waals surface area (Å²) in [6, 6.07) is 8.32. The summed E-state index contributed by atoms with van der Waals surface area (Å²) < 4.78 is 0. The number of nitrogens with two attached hydrogens (primary N) is 1. The number of aromatic amines is 1. The number of halogens is 1. The van der Waals surface area contributed by atoms with E-state index >= 15 is 0 Å². The molecule has 0 aliphatic rings. The molecule has 1 aromatic heterocycles. The van der Waals surface area contributed by atoms with Crippen LogP contribution in [0.25, 0.3) is 10.9 Å². The van der Waals surface area contributed by atoms with E-state index in [1.54, 1.807) is 0 Å². The number of aromatic nitrogens is 1. The molecule has 1 heterocycles. The molecule has 0 aliphatic carbocycles. The van der Waals surface area contributed by atoms with Crippen LogP contribution in [0.1, 0.15) is 19.4 Å². The Balaban J connectivity index is 0.00000200. The van der Waals surface area contributed by atoms with E-state index in [0.29, 0.717) is 11.9 Å². The summed E-state index contributed by atoms with van der Waals surface area (Å²) in [6.45, 7) is 5.83. The van der Waals surface area contributed by atoms with Gasteiger partial charge in [0.1, 0.15) is 0 Å². The minimum absolute atomic E-state index is 0. The Morgan fingerprint density at radius 1 is 1.35 bits per heavy atom. The van der Waals surface area contributed by atoms with E-state index in [2.05, 4.69) is 53.5 Å². The largest absolute Gasteiger partial charge is 0.370 e. The van der Waals surface area contributed by atoms with Crippen molar-refractivity contribution in [3.63, 3.8) is 0 Å². The quantitative estimate of drug-likeness (QED) is 0.420. The Hall–Kier alpha value is -1.24. The minimum Gasteiger partial charge on any atom is -0.370 e. The Morgan fingerprint density at radius 3 is 2.85 bits per heavy atom. The lowest BCUT2D eigenvalue weighted by Gasteiger charge is -2.06. The van der Waals surface area contributed by atoms with Crippen LogP contribution in [-0.4, -0.2) is 24.0 Å². The van der Waals surface area contributed by atoms with Crippen LogP contribution in [-0.2, 0) is 6.42 Å². The van der Waals surface area contributed by atoms with Gasteiger partial charge in [0.2, 0.25) is 0 Å². The van der Waals surface area contributed by atoms with Crippen molar-refractivity contribution < 1.29 is 0 Å². The van der Waals surface area contributed by atoms with Gasteiger partial charge in [-0.2, -0.15) is 0 Å². The van der Waals surface area contributed by atoms with Crippen LogP contribution in [0.2, 0.25) is 0 Å². The monoisotopic (exact) mass is 386 g/mol. The van der Waals surface area contributed by atoms with E-state index < -0.39 is 0 Å². The highest BCUT2D eigenvalue weighted by Gasteiger charge is 2.02. The number of aliphatic imine (C=N–C) groups is 1. The van der Waals surface area contributed by atoms with E-state index in [9.17, 15) is 0 Å². The highest BCUT2D eigenvalue weighted by Crippen LogP contribution is 2.17. The maximum atomic E-state index is 5.81. The van der Waals surface area contributed by atoms with E-state index in [-0.39, 0.29) is 24.0 Å². The molecule has 0 amide bonds. The minimum atomic E-state index is 0. The molecule has 0 saturated heterocycles. The van der Waals surface area contributed by atoms with Crippen LogP contribution < -0.4 is 11.1 Å². The van der Waals surface area contributed by atoms with Gasteiger partial charge in [0.05, 0.1) is 0 Å². The Labute approximate surface area is 137 Å². The molecule has 0 bridgehead atoms. The topological polar surface area (TPSA) is 66.2 Å². The predicted molar refractivity (Wildman–Crippen MR) is 96.7 cm³/mol. The first-order chi connectivity index (χ1) is 9.16. The Morgan fingerprint density at radius 2 is 2.10 bits per heavy atom. The summed E-state index contributed by atoms with van der Waals surface area (Å²) in [6.07, 6.45) is 3.00. The second-order valence-electron chi connectivity index (χ2n) is 5.16. The standard InChI is InChI=1S/C15H22N4.HI/c1-11(2)9-19-15(16)17-8-7-12-10-18-14-6-4-3-5-13(12)14;/h3-6,10-11,18H,7-9H2,1-2H3,(H3,16,17,19);1H. The summed E-state index contributed by atoms with van der Waals surface area (Å²) in [7, 11) is 0. The molecule has 0 unspecified atom stereocenters. The van der Waals surface area contributed by atoms with Gasteiger partial charge in [-0.1, -0.05) is 32.0 Å².